The van der Waals surface area contributed by atoms with Gasteiger partial charge >= 0.3 is 0 Å². The van der Waals surface area contributed by atoms with Crippen molar-refractivity contribution in [3.05, 3.63) is 47.0 Å². The van der Waals surface area contributed by atoms with Crippen LogP contribution in [-0.2, 0) is 19.5 Å². The lowest BCUT2D eigenvalue weighted by atomic mass is 10.3. The van der Waals surface area contributed by atoms with Crippen LogP contribution in [0.1, 0.15) is 5.82 Å². The first-order valence-corrected chi connectivity index (χ1v) is 7.79. The lowest BCUT2D eigenvalue weighted by Crippen LogP contribution is -2.11. The molecule has 0 unspecified atom stereocenters. The zero-order chi connectivity index (χ0) is 13.9. The van der Waals surface area contributed by atoms with Crippen molar-refractivity contribution in [2.45, 2.75) is 19.5 Å². The van der Waals surface area contributed by atoms with Gasteiger partial charge in [-0.3, -0.25) is 4.68 Å². The minimum Gasteiger partial charge on any atom is -0.326 e. The molecule has 0 spiro atoms. The molecule has 2 aromatic heterocycles. The van der Waals surface area contributed by atoms with Crippen molar-refractivity contribution in [2.75, 3.05) is 5.88 Å². The number of aryl methyl sites for hydroxylation is 3. The van der Waals surface area contributed by atoms with E-state index in [0.29, 0.717) is 5.88 Å². The number of aromatic nitrogens is 4. The molecule has 6 heteroatoms. The highest BCUT2D eigenvalue weighted by Gasteiger charge is 2.10. The van der Waals surface area contributed by atoms with Gasteiger partial charge in [0.25, 0.3) is 0 Å². The fourth-order valence-corrected chi connectivity index (χ4v) is 2.83. The molecule has 0 aliphatic rings. The number of alkyl halides is 1. The van der Waals surface area contributed by atoms with Gasteiger partial charge in [-0.05, 0) is 24.3 Å². The van der Waals surface area contributed by atoms with Gasteiger partial charge in [0.05, 0.1) is 17.6 Å². The van der Waals surface area contributed by atoms with Crippen molar-refractivity contribution < 1.29 is 0 Å². The second kappa shape index (κ2) is 5.97. The van der Waals surface area contributed by atoms with Crippen LogP contribution in [0, 0.1) is 0 Å². The zero-order valence-electron chi connectivity index (χ0n) is 10.8. The SMILES string of the molecule is ClCCc1nc2cc(Br)ccc2n1CCn1cccn1. The standard InChI is InChI=1S/C14H14BrClN4/c15-11-2-3-13-12(10-11)18-14(4-5-16)20(13)9-8-19-7-1-6-17-19/h1-3,6-7,10H,4-5,8-9H2. The van der Waals surface area contributed by atoms with E-state index >= 15 is 0 Å². The van der Waals surface area contributed by atoms with Crippen LogP contribution >= 0.6 is 27.5 Å². The maximum Gasteiger partial charge on any atom is 0.111 e. The summed E-state index contributed by atoms with van der Waals surface area (Å²) in [7, 11) is 0. The number of fused-ring (bicyclic) bond motifs is 1. The highest BCUT2D eigenvalue weighted by molar-refractivity contribution is 9.10. The summed E-state index contributed by atoms with van der Waals surface area (Å²) in [5.41, 5.74) is 2.14. The first-order valence-electron chi connectivity index (χ1n) is 6.46. The summed E-state index contributed by atoms with van der Waals surface area (Å²) in [5.74, 6) is 1.60. The van der Waals surface area contributed by atoms with E-state index in [1.165, 1.54) is 0 Å². The highest BCUT2D eigenvalue weighted by Crippen LogP contribution is 2.21. The first-order chi connectivity index (χ1) is 9.78. The summed E-state index contributed by atoms with van der Waals surface area (Å²) in [6.07, 6.45) is 4.53. The molecular formula is C14H14BrClN4. The zero-order valence-corrected chi connectivity index (χ0v) is 13.2. The van der Waals surface area contributed by atoms with Crippen LogP contribution < -0.4 is 0 Å². The molecule has 0 atom stereocenters. The summed E-state index contributed by atoms with van der Waals surface area (Å²) in [5, 5.41) is 4.23. The van der Waals surface area contributed by atoms with Crippen LogP contribution in [0.4, 0.5) is 0 Å². The van der Waals surface area contributed by atoms with E-state index in [4.69, 9.17) is 11.6 Å². The van der Waals surface area contributed by atoms with Crippen molar-refractivity contribution in [2.24, 2.45) is 0 Å². The molecule has 104 valence electrons. The Labute approximate surface area is 130 Å². The Hall–Kier alpha value is -1.33. The second-order valence-electron chi connectivity index (χ2n) is 4.52. The Morgan fingerprint density at radius 1 is 1.25 bits per heavy atom. The van der Waals surface area contributed by atoms with Gasteiger partial charge in [-0.2, -0.15) is 5.10 Å². The molecule has 2 heterocycles. The van der Waals surface area contributed by atoms with E-state index in [2.05, 4.69) is 36.6 Å². The molecule has 4 nitrogen and oxygen atoms in total. The maximum atomic E-state index is 5.89. The summed E-state index contributed by atoms with van der Waals surface area (Å²) in [6.45, 7) is 1.66. The summed E-state index contributed by atoms with van der Waals surface area (Å²) >= 11 is 9.37. The Bertz CT molecular complexity index is 705. The van der Waals surface area contributed by atoms with Gasteiger partial charge in [0.2, 0.25) is 0 Å². The molecule has 0 saturated heterocycles. The molecule has 3 rings (SSSR count). The summed E-state index contributed by atoms with van der Waals surface area (Å²) < 4.78 is 5.19. The summed E-state index contributed by atoms with van der Waals surface area (Å²) in [4.78, 5) is 4.68. The molecule has 0 fully saturated rings. The number of rotatable bonds is 5. The fourth-order valence-electron chi connectivity index (χ4n) is 2.31. The third-order valence-corrected chi connectivity index (χ3v) is 3.90. The third kappa shape index (κ3) is 2.74. The molecule has 0 aliphatic carbocycles. The van der Waals surface area contributed by atoms with Crippen LogP contribution in [0.2, 0.25) is 0 Å². The summed E-state index contributed by atoms with van der Waals surface area (Å²) in [6, 6.07) is 8.10. The van der Waals surface area contributed by atoms with Gasteiger partial charge in [0.15, 0.2) is 0 Å². The molecule has 0 aliphatic heterocycles. The topological polar surface area (TPSA) is 35.6 Å². The number of hydrogen-bond donors (Lipinski definition) is 0. The number of hydrogen-bond acceptors (Lipinski definition) is 2. The number of benzene rings is 1. The predicted octanol–water partition coefficient (Wildman–Crippen LogP) is 3.48. The Morgan fingerprint density at radius 3 is 2.90 bits per heavy atom. The maximum absolute atomic E-state index is 5.89. The molecular weight excluding hydrogens is 340 g/mol. The van der Waals surface area contributed by atoms with Crippen LogP contribution in [0.3, 0.4) is 0 Å². The quantitative estimate of drug-likeness (QED) is 0.658. The van der Waals surface area contributed by atoms with Gasteiger partial charge in [-0.1, -0.05) is 15.9 Å². The number of nitrogens with zero attached hydrogens (tertiary/aromatic N) is 4. The predicted molar refractivity (Wildman–Crippen MR) is 84.1 cm³/mol. The molecule has 0 radical (unpaired) electrons. The highest BCUT2D eigenvalue weighted by atomic mass is 79.9. The van der Waals surface area contributed by atoms with Gasteiger partial charge in [0, 0.05) is 35.7 Å². The minimum absolute atomic E-state index is 0.576. The Kier molecular flexibility index (Phi) is 4.08. The minimum atomic E-state index is 0.576. The van der Waals surface area contributed by atoms with Crippen molar-refractivity contribution >= 4 is 38.6 Å². The van der Waals surface area contributed by atoms with Gasteiger partial charge in [-0.15, -0.1) is 11.6 Å². The van der Waals surface area contributed by atoms with Gasteiger partial charge < -0.3 is 4.57 Å². The van der Waals surface area contributed by atoms with Crippen molar-refractivity contribution in [1.82, 2.24) is 19.3 Å². The van der Waals surface area contributed by atoms with E-state index in [1.807, 2.05) is 29.1 Å². The molecule has 0 bridgehead atoms. The van der Waals surface area contributed by atoms with E-state index < -0.39 is 0 Å². The molecule has 3 aromatic rings. The van der Waals surface area contributed by atoms with E-state index in [1.54, 1.807) is 6.20 Å². The lowest BCUT2D eigenvalue weighted by Gasteiger charge is -2.08. The van der Waals surface area contributed by atoms with E-state index in [-0.39, 0.29) is 0 Å². The molecule has 0 N–H and O–H groups in total. The van der Waals surface area contributed by atoms with Crippen molar-refractivity contribution in [1.29, 1.82) is 0 Å². The van der Waals surface area contributed by atoms with Crippen LogP contribution in [-0.4, -0.2) is 25.2 Å². The molecule has 0 amide bonds. The van der Waals surface area contributed by atoms with Gasteiger partial charge in [0.1, 0.15) is 5.82 Å². The molecule has 1 aromatic carbocycles. The average Bonchev–Trinajstić information content (AvgIpc) is 3.04. The monoisotopic (exact) mass is 352 g/mol. The van der Waals surface area contributed by atoms with Crippen molar-refractivity contribution in [3.63, 3.8) is 0 Å². The van der Waals surface area contributed by atoms with Crippen LogP contribution in [0.5, 0.6) is 0 Å². The van der Waals surface area contributed by atoms with E-state index in [9.17, 15) is 0 Å². The van der Waals surface area contributed by atoms with Crippen molar-refractivity contribution in [3.8, 4) is 0 Å². The lowest BCUT2D eigenvalue weighted by molar-refractivity contribution is 0.530. The normalized spacial score (nSPS) is 11.3. The van der Waals surface area contributed by atoms with Gasteiger partial charge in [-0.25, -0.2) is 4.98 Å². The second-order valence-corrected chi connectivity index (χ2v) is 5.81. The Morgan fingerprint density at radius 2 is 2.15 bits per heavy atom. The molecule has 20 heavy (non-hydrogen) atoms. The largest absolute Gasteiger partial charge is 0.326 e. The molecule has 0 saturated carbocycles. The fraction of sp³-hybridized carbons (Fsp3) is 0.286. The Balaban J connectivity index is 1.95. The average molecular weight is 354 g/mol. The van der Waals surface area contributed by atoms with E-state index in [0.717, 1.165) is 40.8 Å². The first kappa shape index (κ1) is 13.6. The van der Waals surface area contributed by atoms with Crippen LogP contribution in [0.25, 0.3) is 11.0 Å². The third-order valence-electron chi connectivity index (χ3n) is 3.22. The smallest absolute Gasteiger partial charge is 0.111 e. The van der Waals surface area contributed by atoms with Crippen LogP contribution in [0.15, 0.2) is 41.1 Å². The number of halogens is 2. The number of imidazole rings is 1.